The quantitative estimate of drug-likeness (QED) is 0.905. The van der Waals surface area contributed by atoms with Crippen LogP contribution in [-0.2, 0) is 4.79 Å². The minimum Gasteiger partial charge on any atom is -0.484 e. The van der Waals surface area contributed by atoms with Crippen molar-refractivity contribution in [2.75, 3.05) is 19.8 Å². The highest BCUT2D eigenvalue weighted by molar-refractivity contribution is 6.30. The van der Waals surface area contributed by atoms with E-state index in [2.05, 4.69) is 0 Å². The van der Waals surface area contributed by atoms with Gasteiger partial charge in [0.2, 0.25) is 0 Å². The highest BCUT2D eigenvalue weighted by atomic mass is 35.5. The number of nitrogens with zero attached hydrogens (tertiary/aromatic N) is 1. The largest absolute Gasteiger partial charge is 0.484 e. The first kappa shape index (κ1) is 13.2. The van der Waals surface area contributed by atoms with Gasteiger partial charge in [-0.1, -0.05) is 17.7 Å². The molecule has 98 valence electrons. The van der Waals surface area contributed by atoms with Gasteiger partial charge in [-0.15, -0.1) is 0 Å². The Labute approximate surface area is 111 Å². The Kier molecular flexibility index (Phi) is 4.44. The number of benzene rings is 1. The molecule has 5 heteroatoms. The van der Waals surface area contributed by atoms with E-state index in [1.807, 2.05) is 0 Å². The Morgan fingerprint density at radius 2 is 2.39 bits per heavy atom. The van der Waals surface area contributed by atoms with Crippen LogP contribution >= 0.6 is 11.6 Å². The van der Waals surface area contributed by atoms with Gasteiger partial charge in [0.1, 0.15) is 5.75 Å². The van der Waals surface area contributed by atoms with Crippen molar-refractivity contribution in [3.05, 3.63) is 29.3 Å². The third kappa shape index (κ3) is 3.15. The summed E-state index contributed by atoms with van der Waals surface area (Å²) in [6.07, 6.45) is 1.80. The van der Waals surface area contributed by atoms with E-state index in [1.165, 1.54) is 0 Å². The fourth-order valence-corrected chi connectivity index (χ4v) is 2.32. The van der Waals surface area contributed by atoms with Crippen LogP contribution in [0.2, 0.25) is 5.02 Å². The lowest BCUT2D eigenvalue weighted by Crippen LogP contribution is -2.40. The Morgan fingerprint density at radius 3 is 3.11 bits per heavy atom. The van der Waals surface area contributed by atoms with Gasteiger partial charge in [0.05, 0.1) is 12.6 Å². The molecule has 0 aliphatic carbocycles. The van der Waals surface area contributed by atoms with Gasteiger partial charge in [-0.3, -0.25) is 4.79 Å². The fourth-order valence-electron chi connectivity index (χ4n) is 2.14. The summed E-state index contributed by atoms with van der Waals surface area (Å²) in [5.74, 6) is 0.488. The Bertz CT molecular complexity index is 424. The van der Waals surface area contributed by atoms with E-state index in [0.717, 1.165) is 12.8 Å². The molecule has 0 spiro atoms. The fraction of sp³-hybridized carbons (Fsp3) is 0.462. The second-order valence-electron chi connectivity index (χ2n) is 4.31. The molecule has 18 heavy (non-hydrogen) atoms. The van der Waals surface area contributed by atoms with Crippen LogP contribution in [0.15, 0.2) is 24.3 Å². The first-order valence-electron chi connectivity index (χ1n) is 5.99. The number of ether oxygens (including phenoxy) is 1. The number of hydrogen-bond acceptors (Lipinski definition) is 3. The van der Waals surface area contributed by atoms with Crippen molar-refractivity contribution in [2.45, 2.75) is 18.9 Å². The van der Waals surface area contributed by atoms with E-state index in [-0.39, 0.29) is 25.2 Å². The van der Waals surface area contributed by atoms with Crippen LogP contribution in [-0.4, -0.2) is 41.7 Å². The highest BCUT2D eigenvalue weighted by Crippen LogP contribution is 2.19. The zero-order chi connectivity index (χ0) is 13.0. The van der Waals surface area contributed by atoms with Gasteiger partial charge in [0.25, 0.3) is 5.91 Å². The van der Waals surface area contributed by atoms with Crippen LogP contribution in [0.5, 0.6) is 5.75 Å². The molecule has 4 nitrogen and oxygen atoms in total. The predicted molar refractivity (Wildman–Crippen MR) is 68.8 cm³/mol. The normalized spacial score (nSPS) is 19.0. The predicted octanol–water partition coefficient (Wildman–Crippen LogP) is 1.70. The molecule has 1 aliphatic heterocycles. The van der Waals surface area contributed by atoms with Gasteiger partial charge in [0, 0.05) is 11.6 Å². The van der Waals surface area contributed by atoms with Crippen LogP contribution < -0.4 is 4.74 Å². The number of aliphatic hydroxyl groups is 1. The standard InChI is InChI=1S/C13H16ClNO3/c14-10-3-1-5-12(7-10)18-9-13(17)15-6-2-4-11(15)8-16/h1,3,5,7,11,16H,2,4,6,8-9H2. The average Bonchev–Trinajstić information content (AvgIpc) is 2.84. The molecule has 1 aliphatic rings. The summed E-state index contributed by atoms with van der Waals surface area (Å²) in [6, 6.07) is 6.89. The molecule has 1 fully saturated rings. The molecule has 1 atom stereocenters. The summed E-state index contributed by atoms with van der Waals surface area (Å²) in [6.45, 7) is 0.697. The SMILES string of the molecule is O=C(COc1cccc(Cl)c1)N1CCCC1CO. The van der Waals surface area contributed by atoms with E-state index in [9.17, 15) is 4.79 Å². The maximum atomic E-state index is 11.9. The molecule has 1 saturated heterocycles. The van der Waals surface area contributed by atoms with Crippen molar-refractivity contribution in [3.63, 3.8) is 0 Å². The van der Waals surface area contributed by atoms with Gasteiger partial charge in [-0.25, -0.2) is 0 Å². The van der Waals surface area contributed by atoms with E-state index in [1.54, 1.807) is 29.2 Å². The summed E-state index contributed by atoms with van der Waals surface area (Å²) < 4.78 is 5.40. The van der Waals surface area contributed by atoms with Crippen molar-refractivity contribution in [2.24, 2.45) is 0 Å². The molecular weight excluding hydrogens is 254 g/mol. The molecule has 0 bridgehead atoms. The van der Waals surface area contributed by atoms with E-state index >= 15 is 0 Å². The Hall–Kier alpha value is -1.26. The summed E-state index contributed by atoms with van der Waals surface area (Å²) in [7, 11) is 0. The van der Waals surface area contributed by atoms with Crippen molar-refractivity contribution in [3.8, 4) is 5.75 Å². The number of hydrogen-bond donors (Lipinski definition) is 1. The summed E-state index contributed by atoms with van der Waals surface area (Å²) in [5.41, 5.74) is 0. The van der Waals surface area contributed by atoms with Crippen LogP contribution in [0.4, 0.5) is 0 Å². The third-order valence-electron chi connectivity index (χ3n) is 3.07. The lowest BCUT2D eigenvalue weighted by Gasteiger charge is -2.22. The molecule has 1 aromatic rings. The van der Waals surface area contributed by atoms with E-state index in [0.29, 0.717) is 17.3 Å². The summed E-state index contributed by atoms with van der Waals surface area (Å²) in [5, 5.41) is 9.73. The maximum absolute atomic E-state index is 11.9. The molecule has 1 heterocycles. The number of halogens is 1. The van der Waals surface area contributed by atoms with Crippen LogP contribution in [0.3, 0.4) is 0 Å². The Balaban J connectivity index is 1.88. The van der Waals surface area contributed by atoms with E-state index < -0.39 is 0 Å². The molecular formula is C13H16ClNO3. The summed E-state index contributed by atoms with van der Waals surface area (Å²) >= 11 is 5.82. The zero-order valence-electron chi connectivity index (χ0n) is 10.0. The van der Waals surface area contributed by atoms with Crippen LogP contribution in [0.1, 0.15) is 12.8 Å². The van der Waals surface area contributed by atoms with E-state index in [4.69, 9.17) is 21.4 Å². The smallest absolute Gasteiger partial charge is 0.260 e. The van der Waals surface area contributed by atoms with Crippen molar-refractivity contribution >= 4 is 17.5 Å². The highest BCUT2D eigenvalue weighted by Gasteiger charge is 2.28. The Morgan fingerprint density at radius 1 is 1.56 bits per heavy atom. The number of likely N-dealkylation sites (tertiary alicyclic amines) is 1. The van der Waals surface area contributed by atoms with Gasteiger partial charge in [-0.2, -0.15) is 0 Å². The van der Waals surface area contributed by atoms with Crippen molar-refractivity contribution in [1.29, 1.82) is 0 Å². The van der Waals surface area contributed by atoms with Gasteiger partial charge in [-0.05, 0) is 31.0 Å². The number of aliphatic hydroxyl groups excluding tert-OH is 1. The second-order valence-corrected chi connectivity index (χ2v) is 4.75. The average molecular weight is 270 g/mol. The lowest BCUT2D eigenvalue weighted by molar-refractivity contribution is -0.134. The third-order valence-corrected chi connectivity index (χ3v) is 3.30. The van der Waals surface area contributed by atoms with Gasteiger partial charge >= 0.3 is 0 Å². The second kappa shape index (κ2) is 6.07. The number of amides is 1. The summed E-state index contributed by atoms with van der Waals surface area (Å²) in [4.78, 5) is 13.6. The molecule has 0 saturated carbocycles. The number of rotatable bonds is 4. The molecule has 2 rings (SSSR count). The zero-order valence-corrected chi connectivity index (χ0v) is 10.8. The first-order valence-corrected chi connectivity index (χ1v) is 6.37. The first-order chi connectivity index (χ1) is 8.70. The molecule has 1 aromatic carbocycles. The van der Waals surface area contributed by atoms with Crippen molar-refractivity contribution in [1.82, 2.24) is 4.90 Å². The van der Waals surface area contributed by atoms with Crippen molar-refractivity contribution < 1.29 is 14.6 Å². The van der Waals surface area contributed by atoms with Gasteiger partial charge < -0.3 is 14.7 Å². The molecule has 1 N–H and O–H groups in total. The molecule has 1 amide bonds. The van der Waals surface area contributed by atoms with Crippen LogP contribution in [0, 0.1) is 0 Å². The molecule has 1 unspecified atom stereocenters. The minimum atomic E-state index is -0.0912. The minimum absolute atomic E-state index is 0.0168. The molecule has 0 radical (unpaired) electrons. The molecule has 0 aromatic heterocycles. The van der Waals surface area contributed by atoms with Crippen LogP contribution in [0.25, 0.3) is 0 Å². The number of carbonyl (C=O) groups excluding carboxylic acids is 1. The number of carbonyl (C=O) groups is 1. The lowest BCUT2D eigenvalue weighted by atomic mass is 10.2. The van der Waals surface area contributed by atoms with Gasteiger partial charge in [0.15, 0.2) is 6.61 Å². The topological polar surface area (TPSA) is 49.8 Å². The maximum Gasteiger partial charge on any atom is 0.260 e. The monoisotopic (exact) mass is 269 g/mol.